The van der Waals surface area contributed by atoms with E-state index in [9.17, 15) is 15.3 Å². The van der Waals surface area contributed by atoms with Crippen molar-refractivity contribution in [2.45, 2.75) is 30.0 Å². The highest BCUT2D eigenvalue weighted by molar-refractivity contribution is 8.00. The van der Waals surface area contributed by atoms with Crippen LogP contribution in [0.2, 0.25) is 0 Å². The zero-order valence-corrected chi connectivity index (χ0v) is 10.4. The quantitative estimate of drug-likeness (QED) is 0.322. The molecule has 1 aliphatic carbocycles. The van der Waals surface area contributed by atoms with Gasteiger partial charge >= 0.3 is 0 Å². The first-order chi connectivity index (χ1) is 8.01. The second kappa shape index (κ2) is 6.55. The highest BCUT2D eigenvalue weighted by Crippen LogP contribution is 2.33. The summed E-state index contributed by atoms with van der Waals surface area (Å²) in [6.45, 7) is -0.232. The van der Waals surface area contributed by atoms with E-state index >= 15 is 0 Å². The van der Waals surface area contributed by atoms with E-state index in [2.05, 4.69) is 0 Å². The van der Waals surface area contributed by atoms with Crippen molar-refractivity contribution in [3.05, 3.63) is 0 Å². The summed E-state index contributed by atoms with van der Waals surface area (Å²) in [6, 6.07) is 0. The number of hydrogen-bond donors (Lipinski definition) is 5. The number of thioether (sulfide) groups is 1. The molecule has 1 fully saturated rings. The molecular weight excluding hydrogens is 246 g/mol. The first-order valence-corrected chi connectivity index (χ1v) is 6.44. The summed E-state index contributed by atoms with van der Waals surface area (Å²) in [6.07, 6.45) is -3.01. The molecule has 7 heteroatoms. The van der Waals surface area contributed by atoms with Crippen molar-refractivity contribution in [3.8, 4) is 0 Å². The molecule has 1 rings (SSSR count). The predicted molar refractivity (Wildman–Crippen MR) is 64.2 cm³/mol. The van der Waals surface area contributed by atoms with Crippen LogP contribution in [0, 0.1) is 11.3 Å². The van der Waals surface area contributed by atoms with Crippen molar-refractivity contribution in [1.82, 2.24) is 0 Å². The summed E-state index contributed by atoms with van der Waals surface area (Å²) in [5.74, 6) is -0.0647. The van der Waals surface area contributed by atoms with E-state index in [4.69, 9.17) is 15.3 Å². The van der Waals surface area contributed by atoms with Gasteiger partial charge in [0.25, 0.3) is 0 Å². The van der Waals surface area contributed by atoms with Crippen LogP contribution in [-0.2, 0) is 4.74 Å². The van der Waals surface area contributed by atoms with Crippen LogP contribution in [0.4, 0.5) is 0 Å². The number of rotatable bonds is 4. The highest BCUT2D eigenvalue weighted by Gasteiger charge is 2.42. The van der Waals surface area contributed by atoms with Gasteiger partial charge in [0.05, 0.1) is 25.1 Å². The Morgan fingerprint density at radius 2 is 1.94 bits per heavy atom. The smallest absolute Gasteiger partial charge is 0.190 e. The third-order valence-corrected chi connectivity index (χ3v) is 4.34. The van der Waals surface area contributed by atoms with E-state index in [-0.39, 0.29) is 17.8 Å². The normalized spacial score (nSPS) is 37.8. The monoisotopic (exact) mass is 265 g/mol. The van der Waals surface area contributed by atoms with Gasteiger partial charge in [-0.1, -0.05) is 0 Å². The third-order valence-electron chi connectivity index (χ3n) is 3.01. The van der Waals surface area contributed by atoms with Crippen LogP contribution < -0.4 is 0 Å². The van der Waals surface area contributed by atoms with Crippen LogP contribution in [0.3, 0.4) is 0 Å². The van der Waals surface area contributed by atoms with E-state index < -0.39 is 24.2 Å². The fourth-order valence-electron chi connectivity index (χ4n) is 1.87. The lowest BCUT2D eigenvalue weighted by molar-refractivity contribution is -0.114. The third kappa shape index (κ3) is 3.56. The van der Waals surface area contributed by atoms with Crippen LogP contribution in [0.1, 0.15) is 6.42 Å². The fourth-order valence-corrected chi connectivity index (χ4v) is 3.09. The molecule has 6 nitrogen and oxygen atoms in total. The van der Waals surface area contributed by atoms with Crippen LogP contribution in [0.15, 0.2) is 0 Å². The van der Waals surface area contributed by atoms with Gasteiger partial charge in [0.1, 0.15) is 6.10 Å². The first-order valence-electron chi connectivity index (χ1n) is 5.39. The Morgan fingerprint density at radius 3 is 2.47 bits per heavy atom. The largest absolute Gasteiger partial charge is 0.484 e. The minimum atomic E-state index is -1.25. The van der Waals surface area contributed by atoms with Gasteiger partial charge < -0.3 is 25.2 Å². The molecule has 5 atom stereocenters. The van der Waals surface area contributed by atoms with Crippen molar-refractivity contribution in [1.29, 1.82) is 5.41 Å². The molecule has 0 amide bonds. The maximum atomic E-state index is 9.78. The minimum absolute atomic E-state index is 0.0864. The Balaban J connectivity index is 2.56. The molecular formula is C10H19NO5S. The van der Waals surface area contributed by atoms with Crippen molar-refractivity contribution < 1.29 is 25.2 Å². The van der Waals surface area contributed by atoms with E-state index in [1.807, 2.05) is 0 Å². The van der Waals surface area contributed by atoms with Crippen molar-refractivity contribution >= 4 is 17.7 Å². The Labute approximate surface area is 104 Å². The maximum absolute atomic E-state index is 9.78. The van der Waals surface area contributed by atoms with Crippen molar-refractivity contribution in [2.24, 2.45) is 5.92 Å². The summed E-state index contributed by atoms with van der Waals surface area (Å²) in [4.78, 5) is 0. The molecule has 5 N–H and O–H groups in total. The zero-order valence-electron chi connectivity index (χ0n) is 9.61. The first kappa shape index (κ1) is 14.7. The molecule has 5 unspecified atom stereocenters. The molecule has 17 heavy (non-hydrogen) atoms. The van der Waals surface area contributed by atoms with E-state index in [1.54, 1.807) is 0 Å². The number of methoxy groups -OCH3 is 1. The summed E-state index contributed by atoms with van der Waals surface area (Å²) < 4.78 is 4.70. The van der Waals surface area contributed by atoms with Gasteiger partial charge in [0.2, 0.25) is 0 Å². The summed E-state index contributed by atoms with van der Waals surface area (Å²) in [7, 11) is 1.40. The number of ether oxygens (including phenoxy) is 1. The Hall–Kier alpha value is -0.340. The van der Waals surface area contributed by atoms with E-state index in [0.717, 1.165) is 0 Å². The molecule has 0 aliphatic heterocycles. The molecule has 100 valence electrons. The van der Waals surface area contributed by atoms with Crippen LogP contribution in [0.25, 0.3) is 0 Å². The lowest BCUT2D eigenvalue weighted by Crippen LogP contribution is -2.53. The average Bonchev–Trinajstić information content (AvgIpc) is 2.34. The van der Waals surface area contributed by atoms with Gasteiger partial charge in [-0.05, 0) is 6.42 Å². The SMILES string of the molecule is COC(=N)CSC1CC(CO)C(O)C(O)C1O. The molecule has 0 radical (unpaired) electrons. The van der Waals surface area contributed by atoms with Gasteiger partial charge in [-0.3, -0.25) is 5.41 Å². The number of aliphatic hydroxyl groups excluding tert-OH is 4. The molecule has 1 aliphatic rings. The van der Waals surface area contributed by atoms with Gasteiger partial charge in [-0.2, -0.15) is 0 Å². The summed E-state index contributed by atoms with van der Waals surface area (Å²) in [5.41, 5.74) is 0. The molecule has 0 spiro atoms. The molecule has 0 saturated heterocycles. The standard InChI is InChI=1S/C10H19NO5S/c1-16-7(11)4-17-6-2-5(3-12)8(13)10(15)9(6)14/h5-6,8-15H,2-4H2,1H3. The average molecular weight is 265 g/mol. The lowest BCUT2D eigenvalue weighted by Gasteiger charge is -2.39. The zero-order chi connectivity index (χ0) is 13.0. The van der Waals surface area contributed by atoms with Gasteiger partial charge in [-0.15, -0.1) is 11.8 Å². The second-order valence-electron chi connectivity index (χ2n) is 4.13. The minimum Gasteiger partial charge on any atom is -0.484 e. The van der Waals surface area contributed by atoms with Gasteiger partial charge in [0.15, 0.2) is 5.90 Å². The molecule has 0 aromatic carbocycles. The lowest BCUT2D eigenvalue weighted by atomic mass is 9.83. The van der Waals surface area contributed by atoms with E-state index in [1.165, 1.54) is 18.9 Å². The molecule has 0 heterocycles. The summed E-state index contributed by atoms with van der Waals surface area (Å²) in [5, 5.41) is 45.1. The maximum Gasteiger partial charge on any atom is 0.190 e. The summed E-state index contributed by atoms with van der Waals surface area (Å²) >= 11 is 1.28. The van der Waals surface area contributed by atoms with Crippen LogP contribution >= 0.6 is 11.8 Å². The number of nitrogens with one attached hydrogen (secondary N) is 1. The number of hydrogen-bond acceptors (Lipinski definition) is 7. The van der Waals surface area contributed by atoms with Crippen molar-refractivity contribution in [3.63, 3.8) is 0 Å². The fraction of sp³-hybridized carbons (Fsp3) is 0.900. The topological polar surface area (TPSA) is 114 Å². The van der Waals surface area contributed by atoms with Crippen LogP contribution in [-0.4, -0.2) is 69.4 Å². The molecule has 0 aromatic heterocycles. The predicted octanol–water partition coefficient (Wildman–Crippen LogP) is -1.19. The van der Waals surface area contributed by atoms with Gasteiger partial charge in [-0.25, -0.2) is 0 Å². The van der Waals surface area contributed by atoms with E-state index in [0.29, 0.717) is 12.2 Å². The second-order valence-corrected chi connectivity index (χ2v) is 5.35. The van der Waals surface area contributed by atoms with Crippen molar-refractivity contribution in [2.75, 3.05) is 19.5 Å². The molecule has 0 aromatic rings. The Kier molecular flexibility index (Phi) is 5.68. The molecule has 1 saturated carbocycles. The van der Waals surface area contributed by atoms with Gasteiger partial charge in [0, 0.05) is 17.8 Å². The van der Waals surface area contributed by atoms with Crippen LogP contribution in [0.5, 0.6) is 0 Å². The number of aliphatic hydroxyl groups is 4. The Bertz CT molecular complexity index is 263. The Morgan fingerprint density at radius 1 is 1.29 bits per heavy atom. The molecule has 0 bridgehead atoms. The highest BCUT2D eigenvalue weighted by atomic mass is 32.2.